The topological polar surface area (TPSA) is 63.3 Å². The summed E-state index contributed by atoms with van der Waals surface area (Å²) in [6, 6.07) is 13.1. The van der Waals surface area contributed by atoms with Gasteiger partial charge in [0, 0.05) is 24.3 Å². The SMILES string of the molecule is CCN(CC)CCCC(C)N(Cc1ccc(OC)c(OC)c1)C(=O)Nc1cccc(OC)c1. The van der Waals surface area contributed by atoms with Crippen LogP contribution in [0.25, 0.3) is 0 Å². The summed E-state index contributed by atoms with van der Waals surface area (Å²) in [5.74, 6) is 2.02. The minimum absolute atomic E-state index is 0.0549. The molecule has 0 heterocycles. The summed E-state index contributed by atoms with van der Waals surface area (Å²) in [4.78, 5) is 17.6. The molecule has 0 aliphatic carbocycles. The summed E-state index contributed by atoms with van der Waals surface area (Å²) in [5.41, 5.74) is 1.68. The van der Waals surface area contributed by atoms with Crippen molar-refractivity contribution in [1.29, 1.82) is 0 Å². The van der Waals surface area contributed by atoms with Gasteiger partial charge in [-0.3, -0.25) is 0 Å². The molecule has 1 unspecified atom stereocenters. The zero-order valence-corrected chi connectivity index (χ0v) is 20.9. The molecule has 7 heteroatoms. The monoisotopic (exact) mass is 457 g/mol. The van der Waals surface area contributed by atoms with Gasteiger partial charge in [-0.05, 0) is 69.2 Å². The highest BCUT2D eigenvalue weighted by Gasteiger charge is 2.22. The Kier molecular flexibility index (Phi) is 10.8. The average Bonchev–Trinajstić information content (AvgIpc) is 2.84. The van der Waals surface area contributed by atoms with Gasteiger partial charge < -0.3 is 29.3 Å². The van der Waals surface area contributed by atoms with E-state index in [0.717, 1.165) is 38.0 Å². The number of rotatable bonds is 13. The summed E-state index contributed by atoms with van der Waals surface area (Å²) < 4.78 is 16.1. The number of anilines is 1. The highest BCUT2D eigenvalue weighted by atomic mass is 16.5. The lowest BCUT2D eigenvalue weighted by Gasteiger charge is -2.30. The van der Waals surface area contributed by atoms with Crippen molar-refractivity contribution in [2.75, 3.05) is 46.3 Å². The van der Waals surface area contributed by atoms with Crippen molar-refractivity contribution in [1.82, 2.24) is 9.80 Å². The van der Waals surface area contributed by atoms with Crippen LogP contribution in [0.15, 0.2) is 42.5 Å². The molecule has 182 valence electrons. The smallest absolute Gasteiger partial charge is 0.322 e. The normalized spacial score (nSPS) is 11.7. The van der Waals surface area contributed by atoms with Gasteiger partial charge in [-0.15, -0.1) is 0 Å². The fourth-order valence-electron chi connectivity index (χ4n) is 3.81. The number of urea groups is 1. The molecule has 2 amide bonds. The Bertz CT molecular complexity index is 870. The summed E-state index contributed by atoms with van der Waals surface area (Å²) in [6.45, 7) is 10.0. The zero-order valence-electron chi connectivity index (χ0n) is 20.9. The Labute approximate surface area is 198 Å². The average molecular weight is 458 g/mol. The van der Waals surface area contributed by atoms with Gasteiger partial charge in [0.25, 0.3) is 0 Å². The summed E-state index contributed by atoms with van der Waals surface area (Å²) in [5, 5.41) is 3.03. The molecule has 1 atom stereocenters. The number of hydrogen-bond donors (Lipinski definition) is 1. The Morgan fingerprint density at radius 1 is 0.970 bits per heavy atom. The maximum absolute atomic E-state index is 13.4. The number of amides is 2. The molecule has 1 N–H and O–H groups in total. The van der Waals surface area contributed by atoms with Crippen LogP contribution >= 0.6 is 0 Å². The number of benzene rings is 2. The highest BCUT2D eigenvalue weighted by molar-refractivity contribution is 5.89. The van der Waals surface area contributed by atoms with Crippen LogP contribution in [-0.4, -0.2) is 62.8 Å². The first-order valence-electron chi connectivity index (χ1n) is 11.6. The highest BCUT2D eigenvalue weighted by Crippen LogP contribution is 2.29. The first-order chi connectivity index (χ1) is 15.9. The second-order valence-corrected chi connectivity index (χ2v) is 8.00. The first kappa shape index (κ1) is 26.3. The predicted octanol–water partition coefficient (Wildman–Crippen LogP) is 5.26. The van der Waals surface area contributed by atoms with E-state index in [1.165, 1.54) is 0 Å². The Morgan fingerprint density at radius 3 is 2.33 bits per heavy atom. The first-order valence-corrected chi connectivity index (χ1v) is 11.6. The third-order valence-corrected chi connectivity index (χ3v) is 5.91. The Hall–Kier alpha value is -2.93. The molecule has 2 rings (SSSR count). The molecule has 0 aliphatic rings. The fraction of sp³-hybridized carbons (Fsp3) is 0.500. The van der Waals surface area contributed by atoms with Crippen LogP contribution in [0.1, 0.15) is 39.2 Å². The second kappa shape index (κ2) is 13.6. The molecule has 2 aromatic rings. The molecule has 0 spiro atoms. The number of nitrogens with zero attached hydrogens (tertiary/aromatic N) is 2. The summed E-state index contributed by atoms with van der Waals surface area (Å²) >= 11 is 0. The van der Waals surface area contributed by atoms with E-state index in [1.807, 2.05) is 47.4 Å². The predicted molar refractivity (Wildman–Crippen MR) is 134 cm³/mol. The third-order valence-electron chi connectivity index (χ3n) is 5.91. The van der Waals surface area contributed by atoms with Crippen molar-refractivity contribution in [2.45, 2.75) is 46.2 Å². The number of methoxy groups -OCH3 is 3. The maximum Gasteiger partial charge on any atom is 0.322 e. The van der Waals surface area contributed by atoms with Crippen molar-refractivity contribution < 1.29 is 19.0 Å². The van der Waals surface area contributed by atoms with Gasteiger partial charge in [0.15, 0.2) is 11.5 Å². The van der Waals surface area contributed by atoms with Crippen LogP contribution in [0.5, 0.6) is 17.2 Å². The number of hydrogen-bond acceptors (Lipinski definition) is 5. The van der Waals surface area contributed by atoms with Gasteiger partial charge >= 0.3 is 6.03 Å². The lowest BCUT2D eigenvalue weighted by atomic mass is 10.1. The summed E-state index contributed by atoms with van der Waals surface area (Å²) in [7, 11) is 4.84. The number of carbonyl (C=O) groups is 1. The molecule has 33 heavy (non-hydrogen) atoms. The van der Waals surface area contributed by atoms with Gasteiger partial charge in [-0.2, -0.15) is 0 Å². The molecule has 0 aromatic heterocycles. The van der Waals surface area contributed by atoms with E-state index >= 15 is 0 Å². The lowest BCUT2D eigenvalue weighted by Crippen LogP contribution is -2.41. The molecular weight excluding hydrogens is 418 g/mol. The molecule has 0 fully saturated rings. The van der Waals surface area contributed by atoms with Crippen LogP contribution in [0.4, 0.5) is 10.5 Å². The van der Waals surface area contributed by atoms with Crippen LogP contribution in [0, 0.1) is 0 Å². The Morgan fingerprint density at radius 2 is 1.70 bits per heavy atom. The molecule has 0 saturated carbocycles. The van der Waals surface area contributed by atoms with Crippen molar-refractivity contribution >= 4 is 11.7 Å². The zero-order chi connectivity index (χ0) is 24.2. The van der Waals surface area contributed by atoms with Crippen LogP contribution in [0.3, 0.4) is 0 Å². The van der Waals surface area contributed by atoms with Crippen molar-refractivity contribution in [3.05, 3.63) is 48.0 Å². The largest absolute Gasteiger partial charge is 0.497 e. The fourth-order valence-corrected chi connectivity index (χ4v) is 3.81. The lowest BCUT2D eigenvalue weighted by molar-refractivity contribution is 0.180. The standard InChI is InChI=1S/C26H39N3O4/c1-7-28(8-2)16-10-11-20(3)29(19-21-14-15-24(32-5)25(17-21)33-6)26(30)27-22-12-9-13-23(18-22)31-4/h9,12-15,17-18,20H,7-8,10-11,16,19H2,1-6H3,(H,27,30). The quantitative estimate of drug-likeness (QED) is 0.445. The third kappa shape index (κ3) is 7.86. The van der Waals surface area contributed by atoms with E-state index in [-0.39, 0.29) is 12.1 Å². The van der Waals surface area contributed by atoms with E-state index in [1.54, 1.807) is 21.3 Å². The molecule has 2 aromatic carbocycles. The number of ether oxygens (including phenoxy) is 3. The molecule has 0 saturated heterocycles. The van der Waals surface area contributed by atoms with Crippen molar-refractivity contribution in [2.24, 2.45) is 0 Å². The Balaban J connectivity index is 2.19. The van der Waals surface area contributed by atoms with Gasteiger partial charge in [0.05, 0.1) is 21.3 Å². The summed E-state index contributed by atoms with van der Waals surface area (Å²) in [6.07, 6.45) is 1.94. The van der Waals surface area contributed by atoms with E-state index in [9.17, 15) is 4.79 Å². The van der Waals surface area contributed by atoms with Crippen LogP contribution < -0.4 is 19.5 Å². The van der Waals surface area contributed by atoms with E-state index in [0.29, 0.717) is 29.5 Å². The van der Waals surface area contributed by atoms with Gasteiger partial charge in [0.1, 0.15) is 5.75 Å². The number of nitrogens with one attached hydrogen (secondary N) is 1. The number of carbonyl (C=O) groups excluding carboxylic acids is 1. The van der Waals surface area contributed by atoms with Crippen LogP contribution in [-0.2, 0) is 6.54 Å². The van der Waals surface area contributed by atoms with E-state index in [4.69, 9.17) is 14.2 Å². The van der Waals surface area contributed by atoms with E-state index < -0.39 is 0 Å². The maximum atomic E-state index is 13.4. The minimum atomic E-state index is -0.145. The van der Waals surface area contributed by atoms with Crippen LogP contribution in [0.2, 0.25) is 0 Å². The van der Waals surface area contributed by atoms with Gasteiger partial charge in [-0.1, -0.05) is 26.0 Å². The van der Waals surface area contributed by atoms with Gasteiger partial charge in [0.2, 0.25) is 0 Å². The van der Waals surface area contributed by atoms with Crippen molar-refractivity contribution in [3.63, 3.8) is 0 Å². The molecule has 0 aliphatic heterocycles. The molecular formula is C26H39N3O4. The van der Waals surface area contributed by atoms with Crippen molar-refractivity contribution in [3.8, 4) is 17.2 Å². The molecule has 0 bridgehead atoms. The minimum Gasteiger partial charge on any atom is -0.497 e. The van der Waals surface area contributed by atoms with E-state index in [2.05, 4.69) is 31.0 Å². The van der Waals surface area contributed by atoms with Gasteiger partial charge in [-0.25, -0.2) is 4.79 Å². The molecule has 0 radical (unpaired) electrons. The molecule has 7 nitrogen and oxygen atoms in total. The second-order valence-electron chi connectivity index (χ2n) is 8.00.